The first-order chi connectivity index (χ1) is 14.7. The first kappa shape index (κ1) is 20.9. The Hall–Kier alpha value is -1.93. The molecule has 1 saturated carbocycles. The third kappa shape index (κ3) is 3.30. The molecule has 3 fully saturated rings. The second-order valence-corrected chi connectivity index (χ2v) is 9.55. The highest BCUT2D eigenvalue weighted by atomic mass is 19.4. The van der Waals surface area contributed by atoms with Crippen molar-refractivity contribution in [3.8, 4) is 0 Å². The highest BCUT2D eigenvalue weighted by Crippen LogP contribution is 2.54. The van der Waals surface area contributed by atoms with E-state index in [4.69, 9.17) is 4.74 Å². The van der Waals surface area contributed by atoms with Crippen molar-refractivity contribution in [2.75, 3.05) is 13.2 Å². The number of ketones is 1. The van der Waals surface area contributed by atoms with E-state index in [1.54, 1.807) is 4.90 Å². The summed E-state index contributed by atoms with van der Waals surface area (Å²) in [6.07, 6.45) is -0.318. The van der Waals surface area contributed by atoms with Gasteiger partial charge in [-0.1, -0.05) is 13.0 Å². The maximum atomic E-state index is 13.6. The summed E-state index contributed by atoms with van der Waals surface area (Å²) in [5.41, 5.74) is -0.782. The fourth-order valence-corrected chi connectivity index (χ4v) is 6.23. The van der Waals surface area contributed by atoms with Crippen LogP contribution in [0, 0.1) is 11.3 Å². The van der Waals surface area contributed by atoms with Crippen LogP contribution in [0.2, 0.25) is 0 Å². The predicted molar refractivity (Wildman–Crippen MR) is 106 cm³/mol. The van der Waals surface area contributed by atoms with Gasteiger partial charge < -0.3 is 15.0 Å². The lowest BCUT2D eigenvalue weighted by Gasteiger charge is -2.32. The Balaban J connectivity index is 1.39. The standard InChI is InChI=1S/C23H27F3N2O3/c1-13-19-20(29)18-3-2-15(23(24,25)26)10-14(18)12-28(19)21(30)22(13)7-4-17(11-22)27-16-5-8-31-9-6-16/h2-3,10,13,16-17,19,27H,4-9,11-12H2,1H3/t13?,17-,19?,22+/m1/s1. The van der Waals surface area contributed by atoms with Crippen molar-refractivity contribution >= 4 is 11.7 Å². The lowest BCUT2D eigenvalue weighted by molar-refractivity contribution is -0.137. The fraction of sp³-hybridized carbons (Fsp3) is 0.652. The number of fused-ring (bicyclic) bond motifs is 2. The molecule has 0 bridgehead atoms. The van der Waals surface area contributed by atoms with Gasteiger partial charge in [-0.3, -0.25) is 9.59 Å². The van der Waals surface area contributed by atoms with Gasteiger partial charge in [0, 0.05) is 37.4 Å². The molecule has 3 aliphatic heterocycles. The fourth-order valence-electron chi connectivity index (χ4n) is 6.23. The van der Waals surface area contributed by atoms with E-state index in [2.05, 4.69) is 5.32 Å². The number of carbonyl (C=O) groups excluding carboxylic acids is 2. The molecule has 0 aromatic heterocycles. The van der Waals surface area contributed by atoms with Gasteiger partial charge in [0.25, 0.3) is 0 Å². The van der Waals surface area contributed by atoms with Gasteiger partial charge in [0.2, 0.25) is 5.91 Å². The van der Waals surface area contributed by atoms with E-state index in [0.29, 0.717) is 30.0 Å². The van der Waals surface area contributed by atoms with E-state index < -0.39 is 23.2 Å². The number of rotatable bonds is 2. The van der Waals surface area contributed by atoms with Crippen molar-refractivity contribution in [3.05, 3.63) is 34.9 Å². The number of alkyl halides is 3. The quantitative estimate of drug-likeness (QED) is 0.770. The number of amides is 1. The highest BCUT2D eigenvalue weighted by molar-refractivity contribution is 6.07. The summed E-state index contributed by atoms with van der Waals surface area (Å²) in [5.74, 6) is -0.462. The second-order valence-electron chi connectivity index (χ2n) is 9.55. The van der Waals surface area contributed by atoms with Crippen molar-refractivity contribution in [1.29, 1.82) is 0 Å². The lowest BCUT2D eigenvalue weighted by atomic mass is 9.73. The summed E-state index contributed by atoms with van der Waals surface area (Å²) in [6, 6.07) is 3.28. The zero-order chi connectivity index (χ0) is 22.0. The van der Waals surface area contributed by atoms with Gasteiger partial charge in [0.15, 0.2) is 5.78 Å². The number of carbonyl (C=O) groups is 2. The Labute approximate surface area is 179 Å². The smallest absolute Gasteiger partial charge is 0.381 e. The summed E-state index contributed by atoms with van der Waals surface area (Å²) in [4.78, 5) is 28.3. The van der Waals surface area contributed by atoms with Gasteiger partial charge in [-0.05, 0) is 55.7 Å². The van der Waals surface area contributed by atoms with E-state index >= 15 is 0 Å². The van der Waals surface area contributed by atoms with Crippen LogP contribution in [0.1, 0.15) is 60.5 Å². The number of benzene rings is 1. The maximum absolute atomic E-state index is 13.6. The Bertz CT molecular complexity index is 912. The number of ether oxygens (including phenoxy) is 1. The number of hydrogen-bond donors (Lipinski definition) is 1. The molecule has 2 saturated heterocycles. The molecule has 5 rings (SSSR count). The van der Waals surface area contributed by atoms with Crippen LogP contribution in [0.25, 0.3) is 0 Å². The molecule has 2 unspecified atom stereocenters. The Morgan fingerprint density at radius 1 is 1.13 bits per heavy atom. The van der Waals surface area contributed by atoms with Crippen LogP contribution in [-0.2, 0) is 22.3 Å². The third-order valence-corrected chi connectivity index (χ3v) is 7.92. The maximum Gasteiger partial charge on any atom is 0.416 e. The molecule has 8 heteroatoms. The summed E-state index contributed by atoms with van der Waals surface area (Å²) in [7, 11) is 0. The largest absolute Gasteiger partial charge is 0.416 e. The molecular weight excluding hydrogens is 409 g/mol. The molecule has 5 nitrogen and oxygen atoms in total. The van der Waals surface area contributed by atoms with E-state index in [9.17, 15) is 22.8 Å². The molecule has 1 aromatic rings. The van der Waals surface area contributed by atoms with Gasteiger partial charge in [-0.2, -0.15) is 13.2 Å². The van der Waals surface area contributed by atoms with Crippen LogP contribution >= 0.6 is 0 Å². The normalized spacial score (nSPS) is 33.8. The van der Waals surface area contributed by atoms with Crippen molar-refractivity contribution in [2.45, 2.75) is 69.9 Å². The monoisotopic (exact) mass is 436 g/mol. The van der Waals surface area contributed by atoms with Crippen molar-refractivity contribution < 1.29 is 27.5 Å². The minimum atomic E-state index is -4.48. The Morgan fingerprint density at radius 2 is 1.87 bits per heavy atom. The van der Waals surface area contributed by atoms with Gasteiger partial charge in [0.05, 0.1) is 17.0 Å². The average molecular weight is 436 g/mol. The Kier molecular flexibility index (Phi) is 4.93. The number of halogens is 3. The summed E-state index contributed by atoms with van der Waals surface area (Å²) in [5, 5.41) is 3.68. The first-order valence-corrected chi connectivity index (χ1v) is 11.1. The predicted octanol–water partition coefficient (Wildman–Crippen LogP) is 3.56. The second kappa shape index (κ2) is 7.30. The lowest BCUT2D eigenvalue weighted by Crippen LogP contribution is -2.44. The van der Waals surface area contributed by atoms with Gasteiger partial charge in [-0.15, -0.1) is 0 Å². The minimum Gasteiger partial charge on any atom is -0.381 e. The molecule has 1 spiro atoms. The van der Waals surface area contributed by atoms with Gasteiger partial charge in [-0.25, -0.2) is 0 Å². The summed E-state index contributed by atoms with van der Waals surface area (Å²) < 4.78 is 44.9. The molecule has 1 aliphatic carbocycles. The van der Waals surface area contributed by atoms with Crippen LogP contribution in [0.5, 0.6) is 0 Å². The SMILES string of the molecule is CC1C2C(=O)c3ccc(C(F)(F)F)cc3CN2C(=O)[C@]12CC[C@@H](NC1CCOCC1)C2. The zero-order valence-corrected chi connectivity index (χ0v) is 17.5. The van der Waals surface area contributed by atoms with E-state index in [1.165, 1.54) is 6.07 Å². The molecule has 1 amide bonds. The number of nitrogens with one attached hydrogen (secondary N) is 1. The molecule has 0 radical (unpaired) electrons. The van der Waals surface area contributed by atoms with Crippen LogP contribution in [0.3, 0.4) is 0 Å². The molecule has 1 N–H and O–H groups in total. The molecule has 1 aromatic carbocycles. The van der Waals surface area contributed by atoms with E-state index in [0.717, 1.165) is 44.6 Å². The molecule has 4 atom stereocenters. The minimum absolute atomic E-state index is 0.0681. The summed E-state index contributed by atoms with van der Waals surface area (Å²) in [6.45, 7) is 3.52. The first-order valence-electron chi connectivity index (χ1n) is 11.1. The van der Waals surface area contributed by atoms with Crippen molar-refractivity contribution in [1.82, 2.24) is 10.2 Å². The molecule has 4 aliphatic rings. The average Bonchev–Trinajstić information content (AvgIpc) is 3.24. The number of nitrogens with zero attached hydrogens (tertiary/aromatic N) is 1. The Morgan fingerprint density at radius 3 is 2.58 bits per heavy atom. The zero-order valence-electron chi connectivity index (χ0n) is 17.5. The number of Topliss-reactive ketones (excluding diaryl/α,β-unsaturated/α-hetero) is 1. The molecule has 168 valence electrons. The van der Waals surface area contributed by atoms with Crippen LogP contribution in [-0.4, -0.2) is 47.9 Å². The summed E-state index contributed by atoms with van der Waals surface area (Å²) >= 11 is 0. The van der Waals surface area contributed by atoms with Gasteiger partial charge >= 0.3 is 6.18 Å². The van der Waals surface area contributed by atoms with E-state index in [1.807, 2.05) is 6.92 Å². The highest BCUT2D eigenvalue weighted by Gasteiger charge is 2.62. The van der Waals surface area contributed by atoms with Crippen molar-refractivity contribution in [2.24, 2.45) is 11.3 Å². The molecule has 3 heterocycles. The van der Waals surface area contributed by atoms with E-state index in [-0.39, 0.29) is 30.2 Å². The van der Waals surface area contributed by atoms with Gasteiger partial charge in [0.1, 0.15) is 0 Å². The van der Waals surface area contributed by atoms with Crippen molar-refractivity contribution in [3.63, 3.8) is 0 Å². The number of hydrogen-bond acceptors (Lipinski definition) is 4. The molecule has 31 heavy (non-hydrogen) atoms. The van der Waals surface area contributed by atoms with Crippen LogP contribution in [0.4, 0.5) is 13.2 Å². The van der Waals surface area contributed by atoms with Crippen LogP contribution < -0.4 is 5.32 Å². The topological polar surface area (TPSA) is 58.6 Å². The van der Waals surface area contributed by atoms with Crippen LogP contribution in [0.15, 0.2) is 18.2 Å². The molecular formula is C23H27F3N2O3. The third-order valence-electron chi connectivity index (χ3n) is 7.92.